The first-order valence-electron chi connectivity index (χ1n) is 8.72. The molecule has 0 atom stereocenters. The first-order valence-corrected chi connectivity index (χ1v) is 10.2. The van der Waals surface area contributed by atoms with Crippen LogP contribution in [0.25, 0.3) is 0 Å². The van der Waals surface area contributed by atoms with Gasteiger partial charge in [0.05, 0.1) is 12.3 Å². The van der Waals surface area contributed by atoms with Crippen LogP contribution in [-0.4, -0.2) is 42.5 Å². The molecular weight excluding hydrogens is 372 g/mol. The van der Waals surface area contributed by atoms with Crippen LogP contribution in [-0.2, 0) is 23.0 Å². The Balaban J connectivity index is 2.07. The van der Waals surface area contributed by atoms with E-state index >= 15 is 0 Å². The topological polar surface area (TPSA) is 114 Å². The highest BCUT2D eigenvalue weighted by Crippen LogP contribution is 2.36. The van der Waals surface area contributed by atoms with E-state index in [1.165, 1.54) is 15.2 Å². The molecule has 2 heterocycles. The van der Waals surface area contributed by atoms with Crippen LogP contribution in [0.3, 0.4) is 0 Å². The molecule has 3 rings (SSSR count). The van der Waals surface area contributed by atoms with Gasteiger partial charge in [-0.25, -0.2) is 13.2 Å². The number of ether oxygens (including phenoxy) is 1. The zero-order valence-electron chi connectivity index (χ0n) is 15.2. The van der Waals surface area contributed by atoms with Gasteiger partial charge in [0.25, 0.3) is 15.9 Å². The molecule has 0 saturated heterocycles. The van der Waals surface area contributed by atoms with Gasteiger partial charge in [0.1, 0.15) is 0 Å². The minimum Gasteiger partial charge on any atom is -0.476 e. The average molecular weight is 394 g/mol. The fraction of sp³-hybridized carbons (Fsp3) is 0.412. The van der Waals surface area contributed by atoms with Crippen LogP contribution in [0.5, 0.6) is 5.88 Å². The smallest absolute Gasteiger partial charge is 0.409 e. The average Bonchev–Trinajstić information content (AvgIpc) is 3.05. The molecule has 1 aromatic carbocycles. The van der Waals surface area contributed by atoms with Gasteiger partial charge in [-0.05, 0) is 44.4 Å². The van der Waals surface area contributed by atoms with Crippen molar-refractivity contribution in [3.8, 4) is 5.88 Å². The number of aryl methyl sites for hydroxylation is 2. The number of aromatic nitrogens is 2. The zero-order valence-corrected chi connectivity index (χ0v) is 16.0. The van der Waals surface area contributed by atoms with Gasteiger partial charge in [-0.2, -0.15) is 0 Å². The molecule has 0 radical (unpaired) electrons. The number of hydrogen-bond acceptors (Lipinski definition) is 5. The molecule has 1 aliphatic rings. The maximum Gasteiger partial charge on any atom is 0.409 e. The third-order valence-corrected chi connectivity index (χ3v) is 6.08. The van der Waals surface area contributed by atoms with E-state index in [-0.39, 0.29) is 10.8 Å². The lowest BCUT2D eigenvalue weighted by Crippen LogP contribution is -2.35. The Bertz CT molecular complexity index is 954. The van der Waals surface area contributed by atoms with Gasteiger partial charge in [-0.1, -0.05) is 6.07 Å². The Labute approximate surface area is 157 Å². The lowest BCUT2D eigenvalue weighted by Gasteiger charge is -2.30. The number of benzene rings is 1. The summed E-state index contributed by atoms with van der Waals surface area (Å²) >= 11 is 0. The van der Waals surface area contributed by atoms with Crippen LogP contribution in [0.1, 0.15) is 25.8 Å². The normalized spacial score (nSPS) is 13.9. The van der Waals surface area contributed by atoms with Crippen LogP contribution >= 0.6 is 0 Å². The fourth-order valence-electron chi connectivity index (χ4n) is 3.07. The molecule has 0 aliphatic carbocycles. The van der Waals surface area contributed by atoms with Crippen LogP contribution in [0.4, 0.5) is 16.2 Å². The first-order chi connectivity index (χ1) is 12.9. The second kappa shape index (κ2) is 7.47. The predicted octanol–water partition coefficient (Wildman–Crippen LogP) is 2.53. The van der Waals surface area contributed by atoms with Crippen molar-refractivity contribution >= 4 is 27.5 Å². The van der Waals surface area contributed by atoms with Crippen LogP contribution in [0, 0.1) is 0 Å². The molecule has 146 valence electrons. The van der Waals surface area contributed by atoms with Crippen molar-refractivity contribution in [2.45, 2.75) is 38.1 Å². The first kappa shape index (κ1) is 19.0. The summed E-state index contributed by atoms with van der Waals surface area (Å²) in [6.07, 6.45) is 1.65. The maximum absolute atomic E-state index is 13.4. The van der Waals surface area contributed by atoms with Crippen molar-refractivity contribution in [1.29, 1.82) is 0 Å². The Hall–Kier alpha value is -2.75. The van der Waals surface area contributed by atoms with Crippen LogP contribution < -0.4 is 14.4 Å². The second-order valence-electron chi connectivity index (χ2n) is 6.04. The molecule has 1 amide bonds. The van der Waals surface area contributed by atoms with Crippen molar-refractivity contribution < 1.29 is 23.1 Å². The number of rotatable bonds is 6. The van der Waals surface area contributed by atoms with E-state index in [2.05, 4.69) is 10.4 Å². The fourth-order valence-corrected chi connectivity index (χ4v) is 4.68. The summed E-state index contributed by atoms with van der Waals surface area (Å²) in [6, 6.07) is 4.93. The molecule has 0 fully saturated rings. The summed E-state index contributed by atoms with van der Waals surface area (Å²) in [6.45, 7) is 4.74. The van der Waals surface area contributed by atoms with E-state index in [0.29, 0.717) is 37.5 Å². The number of fused-ring (bicyclic) bond motifs is 1. The number of nitrogens with zero attached hydrogens (tertiary/aromatic N) is 3. The van der Waals surface area contributed by atoms with E-state index < -0.39 is 16.1 Å². The molecule has 1 aromatic heterocycles. The molecule has 0 bridgehead atoms. The summed E-state index contributed by atoms with van der Waals surface area (Å²) in [4.78, 5) is 10.9. The van der Waals surface area contributed by atoms with E-state index in [4.69, 9.17) is 9.84 Å². The third-order valence-electron chi connectivity index (χ3n) is 4.28. The molecular formula is C17H22N4O5S. The Morgan fingerprint density at radius 1 is 1.37 bits per heavy atom. The van der Waals surface area contributed by atoms with E-state index in [1.807, 2.05) is 6.92 Å². The minimum atomic E-state index is -3.91. The molecule has 0 unspecified atom stereocenters. The van der Waals surface area contributed by atoms with E-state index in [9.17, 15) is 13.2 Å². The largest absolute Gasteiger partial charge is 0.476 e. The molecule has 2 N–H and O–H groups in total. The monoisotopic (exact) mass is 394 g/mol. The summed E-state index contributed by atoms with van der Waals surface area (Å²) < 4.78 is 35.0. The second-order valence-corrected chi connectivity index (χ2v) is 7.87. The highest BCUT2D eigenvalue weighted by Gasteiger charge is 2.33. The minimum absolute atomic E-state index is 0.00986. The Morgan fingerprint density at radius 2 is 2.15 bits per heavy atom. The van der Waals surface area contributed by atoms with Gasteiger partial charge in [0.15, 0.2) is 4.90 Å². The van der Waals surface area contributed by atoms with Crippen LogP contribution in [0.15, 0.2) is 29.3 Å². The molecule has 1 aliphatic heterocycles. The van der Waals surface area contributed by atoms with Gasteiger partial charge in [-0.15, -0.1) is 5.10 Å². The van der Waals surface area contributed by atoms with Gasteiger partial charge in [-0.3, -0.25) is 14.3 Å². The highest BCUT2D eigenvalue weighted by atomic mass is 32.2. The quantitative estimate of drug-likeness (QED) is 0.778. The number of hydrogen-bond donors (Lipinski definition) is 2. The zero-order chi connectivity index (χ0) is 19.6. The van der Waals surface area contributed by atoms with Crippen molar-refractivity contribution in [3.63, 3.8) is 0 Å². The van der Waals surface area contributed by atoms with Crippen LogP contribution in [0.2, 0.25) is 0 Å². The number of carboxylic acid groups (broad SMARTS) is 1. The molecule has 27 heavy (non-hydrogen) atoms. The van der Waals surface area contributed by atoms with Crippen molar-refractivity contribution in [3.05, 3.63) is 30.0 Å². The summed E-state index contributed by atoms with van der Waals surface area (Å²) in [5.74, 6) is 0.0753. The predicted molar refractivity (Wildman–Crippen MR) is 100 cm³/mol. The van der Waals surface area contributed by atoms with Crippen molar-refractivity contribution in [2.24, 2.45) is 0 Å². The Morgan fingerprint density at radius 3 is 2.81 bits per heavy atom. The summed E-state index contributed by atoms with van der Waals surface area (Å²) in [7, 11) is -3.91. The van der Waals surface area contributed by atoms with Gasteiger partial charge >= 0.3 is 6.09 Å². The number of nitrogens with one attached hydrogen (secondary N) is 1. The SMILES string of the molecule is CCOc1nn(CC)cc1S(=O)(=O)N1CCCc2ccc(NC(=O)O)cc21. The number of anilines is 2. The molecule has 0 saturated carbocycles. The highest BCUT2D eigenvalue weighted by molar-refractivity contribution is 7.93. The lowest BCUT2D eigenvalue weighted by molar-refractivity contribution is 0.209. The molecule has 10 heteroatoms. The molecule has 2 aromatic rings. The standard InChI is InChI=1S/C17H22N4O5S/c1-3-20-11-15(16(19-20)26-4-2)27(24,25)21-9-5-6-12-7-8-13(10-14(12)21)18-17(22)23/h7-8,10-11,18H,3-6,9H2,1-2H3,(H,22,23). The van der Waals surface area contributed by atoms with Gasteiger partial charge in [0.2, 0.25) is 0 Å². The van der Waals surface area contributed by atoms with E-state index in [1.54, 1.807) is 25.1 Å². The Kier molecular flexibility index (Phi) is 5.26. The molecule has 0 spiro atoms. The summed E-state index contributed by atoms with van der Waals surface area (Å²) in [5, 5.41) is 15.4. The number of sulfonamides is 1. The van der Waals surface area contributed by atoms with Gasteiger partial charge < -0.3 is 9.84 Å². The van der Waals surface area contributed by atoms with Crippen molar-refractivity contribution in [2.75, 3.05) is 22.8 Å². The number of amides is 1. The third kappa shape index (κ3) is 3.70. The van der Waals surface area contributed by atoms with Crippen molar-refractivity contribution in [1.82, 2.24) is 9.78 Å². The number of carbonyl (C=O) groups is 1. The van der Waals surface area contributed by atoms with E-state index in [0.717, 1.165) is 12.0 Å². The van der Waals surface area contributed by atoms with Gasteiger partial charge in [0, 0.05) is 25.0 Å². The lowest BCUT2D eigenvalue weighted by atomic mass is 10.0. The summed E-state index contributed by atoms with van der Waals surface area (Å²) in [5.41, 5.74) is 1.64. The molecule has 9 nitrogen and oxygen atoms in total. The maximum atomic E-state index is 13.4.